The van der Waals surface area contributed by atoms with E-state index in [1.807, 2.05) is 19.9 Å². The van der Waals surface area contributed by atoms with Gasteiger partial charge in [-0.15, -0.1) is 0 Å². The third kappa shape index (κ3) is 3.53. The second-order valence-electron chi connectivity index (χ2n) is 4.52. The number of hydrogen-bond acceptors (Lipinski definition) is 4. The molecule has 0 N–H and O–H groups in total. The van der Waals surface area contributed by atoms with Crippen LogP contribution < -0.4 is 0 Å². The van der Waals surface area contributed by atoms with E-state index < -0.39 is 0 Å². The molecular weight excluding hydrogens is 208 g/mol. The molecule has 0 saturated heterocycles. The molecule has 88 valence electrons. The Balaban J connectivity index is 2.85. The van der Waals surface area contributed by atoms with Gasteiger partial charge >= 0.3 is 11.9 Å². The molecule has 0 spiro atoms. The number of rotatable bonds is 2. The Kier molecular flexibility index (Phi) is 3.52. The van der Waals surface area contributed by atoms with E-state index in [0.717, 1.165) is 5.57 Å². The van der Waals surface area contributed by atoms with E-state index >= 15 is 0 Å². The van der Waals surface area contributed by atoms with Crippen LogP contribution in [0.2, 0.25) is 0 Å². The Labute approximate surface area is 94.9 Å². The molecule has 1 aliphatic carbocycles. The lowest BCUT2D eigenvalue weighted by atomic mass is 9.93. The molecule has 16 heavy (non-hydrogen) atoms. The quantitative estimate of drug-likeness (QED) is 0.533. The fourth-order valence-corrected chi connectivity index (χ4v) is 1.58. The van der Waals surface area contributed by atoms with Crippen molar-refractivity contribution in [2.24, 2.45) is 5.41 Å². The number of ether oxygens (including phenoxy) is 2. The lowest BCUT2D eigenvalue weighted by Crippen LogP contribution is -2.02. The molecule has 0 fully saturated rings. The van der Waals surface area contributed by atoms with E-state index in [4.69, 9.17) is 9.47 Å². The highest BCUT2D eigenvalue weighted by Crippen LogP contribution is 2.39. The minimum atomic E-state index is -0.389. The van der Waals surface area contributed by atoms with Gasteiger partial charge in [0.1, 0.15) is 12.0 Å². The zero-order valence-corrected chi connectivity index (χ0v) is 9.99. The maximum absolute atomic E-state index is 10.9. The maximum atomic E-state index is 10.9. The third-order valence-electron chi connectivity index (χ3n) is 2.11. The molecule has 1 aliphatic rings. The maximum Gasteiger partial charge on any atom is 0.308 e. The Bertz CT molecular complexity index is 374. The molecule has 1 rings (SSSR count). The second kappa shape index (κ2) is 4.51. The van der Waals surface area contributed by atoms with Gasteiger partial charge in [-0.1, -0.05) is 13.8 Å². The number of carbonyl (C=O) groups excluding carboxylic acids is 2. The minimum Gasteiger partial charge on any atom is -0.434 e. The average molecular weight is 224 g/mol. The SMILES string of the molecule is CC(=O)O/C=C1\CC(C)(C)C=C1OC(C)=O. The third-order valence-corrected chi connectivity index (χ3v) is 2.11. The fourth-order valence-electron chi connectivity index (χ4n) is 1.58. The van der Waals surface area contributed by atoms with Crippen LogP contribution >= 0.6 is 0 Å². The molecule has 0 aromatic rings. The van der Waals surface area contributed by atoms with Gasteiger partial charge in [0.15, 0.2) is 0 Å². The second-order valence-corrected chi connectivity index (χ2v) is 4.52. The first-order chi connectivity index (χ1) is 7.30. The van der Waals surface area contributed by atoms with Crippen molar-refractivity contribution in [1.29, 1.82) is 0 Å². The van der Waals surface area contributed by atoms with Crippen LogP contribution in [0.4, 0.5) is 0 Å². The zero-order valence-electron chi connectivity index (χ0n) is 9.99. The molecular formula is C12H16O4. The van der Waals surface area contributed by atoms with Crippen molar-refractivity contribution in [3.8, 4) is 0 Å². The van der Waals surface area contributed by atoms with Gasteiger partial charge in [0.2, 0.25) is 0 Å². The monoisotopic (exact) mass is 224 g/mol. The smallest absolute Gasteiger partial charge is 0.308 e. The van der Waals surface area contributed by atoms with Crippen molar-refractivity contribution in [2.45, 2.75) is 34.1 Å². The van der Waals surface area contributed by atoms with Crippen molar-refractivity contribution in [3.05, 3.63) is 23.7 Å². The number of allylic oxidation sites excluding steroid dienone is 2. The summed E-state index contributed by atoms with van der Waals surface area (Å²) in [6.07, 6.45) is 3.90. The van der Waals surface area contributed by atoms with E-state index in [0.29, 0.717) is 12.2 Å². The van der Waals surface area contributed by atoms with Crippen LogP contribution in [-0.4, -0.2) is 11.9 Å². The van der Waals surface area contributed by atoms with Gasteiger partial charge in [-0.2, -0.15) is 0 Å². The van der Waals surface area contributed by atoms with Crippen LogP contribution in [-0.2, 0) is 19.1 Å². The first kappa shape index (κ1) is 12.5. The molecule has 0 atom stereocenters. The summed E-state index contributed by atoms with van der Waals surface area (Å²) in [5.41, 5.74) is 0.645. The Morgan fingerprint density at radius 2 is 1.94 bits per heavy atom. The Morgan fingerprint density at radius 3 is 2.44 bits per heavy atom. The average Bonchev–Trinajstić information content (AvgIpc) is 2.36. The van der Waals surface area contributed by atoms with E-state index in [1.54, 1.807) is 0 Å². The number of esters is 2. The van der Waals surface area contributed by atoms with Gasteiger partial charge in [-0.05, 0) is 17.9 Å². The summed E-state index contributed by atoms with van der Waals surface area (Å²) in [5, 5.41) is 0. The predicted octanol–water partition coefficient (Wildman–Crippen LogP) is 2.31. The highest BCUT2D eigenvalue weighted by molar-refractivity contribution is 5.69. The molecule has 4 nitrogen and oxygen atoms in total. The zero-order chi connectivity index (χ0) is 12.3. The van der Waals surface area contributed by atoms with Gasteiger partial charge in [0.25, 0.3) is 0 Å². The summed E-state index contributed by atoms with van der Waals surface area (Å²) < 4.78 is 9.85. The molecule has 0 saturated carbocycles. The van der Waals surface area contributed by atoms with Crippen LogP contribution in [0.15, 0.2) is 23.7 Å². The van der Waals surface area contributed by atoms with E-state index in [1.165, 1.54) is 20.1 Å². The van der Waals surface area contributed by atoms with Crippen LogP contribution in [0.1, 0.15) is 34.1 Å². The van der Waals surface area contributed by atoms with E-state index in [-0.39, 0.29) is 17.4 Å². The Morgan fingerprint density at radius 1 is 1.31 bits per heavy atom. The number of hydrogen-bond donors (Lipinski definition) is 0. The lowest BCUT2D eigenvalue weighted by molar-refractivity contribution is -0.136. The topological polar surface area (TPSA) is 52.6 Å². The molecule has 0 aromatic heterocycles. The highest BCUT2D eigenvalue weighted by atomic mass is 16.5. The van der Waals surface area contributed by atoms with E-state index in [9.17, 15) is 9.59 Å². The van der Waals surface area contributed by atoms with Crippen LogP contribution in [0.5, 0.6) is 0 Å². The highest BCUT2D eigenvalue weighted by Gasteiger charge is 2.29. The van der Waals surface area contributed by atoms with Gasteiger partial charge < -0.3 is 9.47 Å². The first-order valence-electron chi connectivity index (χ1n) is 5.08. The van der Waals surface area contributed by atoms with Crippen molar-refractivity contribution < 1.29 is 19.1 Å². The Hall–Kier alpha value is -1.58. The fraction of sp³-hybridized carbons (Fsp3) is 0.500. The minimum absolute atomic E-state index is 0.0865. The normalized spacial score (nSPS) is 20.5. The van der Waals surface area contributed by atoms with Gasteiger partial charge in [0, 0.05) is 19.4 Å². The summed E-state index contributed by atoms with van der Waals surface area (Å²) in [6, 6.07) is 0. The molecule has 4 heteroatoms. The molecule has 0 aliphatic heterocycles. The summed E-state index contributed by atoms with van der Waals surface area (Å²) in [7, 11) is 0. The first-order valence-corrected chi connectivity index (χ1v) is 5.08. The molecule has 0 bridgehead atoms. The van der Waals surface area contributed by atoms with Crippen molar-refractivity contribution >= 4 is 11.9 Å². The summed E-state index contributed by atoms with van der Waals surface area (Å²) >= 11 is 0. The van der Waals surface area contributed by atoms with Gasteiger partial charge in [-0.3, -0.25) is 9.59 Å². The van der Waals surface area contributed by atoms with Crippen LogP contribution in [0, 0.1) is 5.41 Å². The van der Waals surface area contributed by atoms with E-state index in [2.05, 4.69) is 0 Å². The van der Waals surface area contributed by atoms with Crippen LogP contribution in [0.3, 0.4) is 0 Å². The van der Waals surface area contributed by atoms with Gasteiger partial charge in [0.05, 0.1) is 0 Å². The molecule has 0 amide bonds. The summed E-state index contributed by atoms with van der Waals surface area (Å²) in [6.45, 7) is 6.71. The molecule has 0 unspecified atom stereocenters. The number of carbonyl (C=O) groups is 2. The molecule has 0 aromatic carbocycles. The largest absolute Gasteiger partial charge is 0.434 e. The predicted molar refractivity (Wildman–Crippen MR) is 58.1 cm³/mol. The van der Waals surface area contributed by atoms with Crippen molar-refractivity contribution in [1.82, 2.24) is 0 Å². The standard InChI is InChI=1S/C12H16O4/c1-8(13)15-7-10-5-12(3,4)6-11(10)16-9(2)14/h6-7H,5H2,1-4H3/b10-7+. The van der Waals surface area contributed by atoms with Crippen molar-refractivity contribution in [2.75, 3.05) is 0 Å². The molecule has 0 heterocycles. The van der Waals surface area contributed by atoms with Crippen molar-refractivity contribution in [3.63, 3.8) is 0 Å². The van der Waals surface area contributed by atoms with Gasteiger partial charge in [-0.25, -0.2) is 0 Å². The summed E-state index contributed by atoms with van der Waals surface area (Å²) in [4.78, 5) is 21.6. The van der Waals surface area contributed by atoms with Crippen LogP contribution in [0.25, 0.3) is 0 Å². The molecule has 0 radical (unpaired) electrons. The lowest BCUT2D eigenvalue weighted by Gasteiger charge is -2.11. The summed E-state index contributed by atoms with van der Waals surface area (Å²) in [5.74, 6) is -0.282.